The van der Waals surface area contributed by atoms with Gasteiger partial charge in [-0.15, -0.1) is 0 Å². The summed E-state index contributed by atoms with van der Waals surface area (Å²) in [4.78, 5) is 12.2. The molecule has 0 aliphatic rings. The molecule has 0 atom stereocenters. The van der Waals surface area contributed by atoms with Crippen LogP contribution in [-0.2, 0) is 0 Å². The third-order valence-electron chi connectivity index (χ3n) is 3.38. The van der Waals surface area contributed by atoms with Gasteiger partial charge in [-0.1, -0.05) is 29.8 Å². The van der Waals surface area contributed by atoms with E-state index in [1.54, 1.807) is 30.3 Å². The predicted molar refractivity (Wildman–Crippen MR) is 86.8 cm³/mol. The van der Waals surface area contributed by atoms with E-state index in [2.05, 4.69) is 16.6 Å². The standard InChI is InChI=1S/C18H17N3O/c1-12-4-9-17(13(2)10-12)18(22)21-20-14(3)16-7-5-15(11-19)6-8-16/h4-10H,1-3H3,(H,21,22)/b20-14-. The van der Waals surface area contributed by atoms with Crippen LogP contribution in [0, 0.1) is 25.2 Å². The minimum atomic E-state index is -0.231. The van der Waals surface area contributed by atoms with E-state index in [1.807, 2.05) is 32.9 Å². The molecule has 0 heterocycles. The number of amides is 1. The van der Waals surface area contributed by atoms with Crippen molar-refractivity contribution in [3.05, 3.63) is 70.3 Å². The molecule has 22 heavy (non-hydrogen) atoms. The molecule has 1 amide bonds. The van der Waals surface area contributed by atoms with Crippen LogP contribution in [0.2, 0.25) is 0 Å². The fourth-order valence-corrected chi connectivity index (χ4v) is 2.11. The topological polar surface area (TPSA) is 65.2 Å². The number of carbonyl (C=O) groups is 1. The summed E-state index contributed by atoms with van der Waals surface area (Å²) < 4.78 is 0. The van der Waals surface area contributed by atoms with E-state index in [4.69, 9.17) is 5.26 Å². The summed E-state index contributed by atoms with van der Waals surface area (Å²) in [5.41, 5.74) is 7.36. The average molecular weight is 291 g/mol. The van der Waals surface area contributed by atoms with Gasteiger partial charge in [0.1, 0.15) is 0 Å². The number of rotatable bonds is 3. The molecule has 0 aliphatic heterocycles. The van der Waals surface area contributed by atoms with Crippen molar-refractivity contribution in [2.24, 2.45) is 5.10 Å². The normalized spacial score (nSPS) is 10.9. The van der Waals surface area contributed by atoms with Crippen LogP contribution in [0.4, 0.5) is 0 Å². The molecule has 0 fully saturated rings. The average Bonchev–Trinajstić information content (AvgIpc) is 2.52. The summed E-state index contributed by atoms with van der Waals surface area (Å²) in [6.07, 6.45) is 0. The van der Waals surface area contributed by atoms with Crippen LogP contribution in [0.1, 0.15) is 39.5 Å². The van der Waals surface area contributed by atoms with E-state index in [0.717, 1.165) is 16.7 Å². The van der Waals surface area contributed by atoms with Crippen LogP contribution in [-0.4, -0.2) is 11.6 Å². The Bertz CT molecular complexity index is 768. The summed E-state index contributed by atoms with van der Waals surface area (Å²) in [7, 11) is 0. The molecule has 0 aromatic heterocycles. The Balaban J connectivity index is 2.12. The summed E-state index contributed by atoms with van der Waals surface area (Å²) >= 11 is 0. The van der Waals surface area contributed by atoms with E-state index in [1.165, 1.54) is 0 Å². The molecule has 0 saturated carbocycles. The number of nitrogens with zero attached hydrogens (tertiary/aromatic N) is 2. The highest BCUT2D eigenvalue weighted by molar-refractivity contribution is 6.01. The molecule has 4 nitrogen and oxygen atoms in total. The smallest absolute Gasteiger partial charge is 0.267 e. The van der Waals surface area contributed by atoms with Crippen molar-refractivity contribution in [2.45, 2.75) is 20.8 Å². The number of benzene rings is 2. The van der Waals surface area contributed by atoms with Gasteiger partial charge in [0.25, 0.3) is 5.91 Å². The van der Waals surface area contributed by atoms with Gasteiger partial charge in [-0.05, 0) is 50.1 Å². The lowest BCUT2D eigenvalue weighted by Crippen LogP contribution is -2.20. The van der Waals surface area contributed by atoms with Gasteiger partial charge in [0.2, 0.25) is 0 Å². The van der Waals surface area contributed by atoms with Crippen LogP contribution >= 0.6 is 0 Å². The molecule has 0 radical (unpaired) electrons. The molecule has 0 aliphatic carbocycles. The van der Waals surface area contributed by atoms with E-state index in [0.29, 0.717) is 16.8 Å². The van der Waals surface area contributed by atoms with Gasteiger partial charge in [-0.25, -0.2) is 5.43 Å². The minimum Gasteiger partial charge on any atom is -0.267 e. The second-order valence-electron chi connectivity index (χ2n) is 5.15. The Hall–Kier alpha value is -2.93. The monoisotopic (exact) mass is 291 g/mol. The number of hydrazone groups is 1. The van der Waals surface area contributed by atoms with Crippen LogP contribution < -0.4 is 5.43 Å². The first-order valence-electron chi connectivity index (χ1n) is 6.93. The SMILES string of the molecule is C/C(=N/NC(=O)c1ccc(C)cc1C)c1ccc(C#N)cc1. The maximum Gasteiger partial charge on any atom is 0.271 e. The highest BCUT2D eigenvalue weighted by atomic mass is 16.2. The Kier molecular flexibility index (Phi) is 4.70. The van der Waals surface area contributed by atoms with Crippen molar-refractivity contribution in [1.29, 1.82) is 5.26 Å². The number of hydrogen-bond acceptors (Lipinski definition) is 3. The molecule has 2 aromatic carbocycles. The predicted octanol–water partition coefficient (Wildman–Crippen LogP) is 3.33. The highest BCUT2D eigenvalue weighted by Crippen LogP contribution is 2.10. The second-order valence-corrected chi connectivity index (χ2v) is 5.15. The van der Waals surface area contributed by atoms with Gasteiger partial charge in [0, 0.05) is 5.56 Å². The first kappa shape index (κ1) is 15.5. The van der Waals surface area contributed by atoms with Gasteiger partial charge >= 0.3 is 0 Å². The van der Waals surface area contributed by atoms with E-state index < -0.39 is 0 Å². The first-order valence-corrected chi connectivity index (χ1v) is 6.93. The van der Waals surface area contributed by atoms with Crippen molar-refractivity contribution < 1.29 is 4.79 Å². The summed E-state index contributed by atoms with van der Waals surface area (Å²) in [6.45, 7) is 5.70. The van der Waals surface area contributed by atoms with Crippen molar-refractivity contribution >= 4 is 11.6 Å². The maximum atomic E-state index is 12.2. The van der Waals surface area contributed by atoms with Crippen molar-refractivity contribution in [3.63, 3.8) is 0 Å². The maximum absolute atomic E-state index is 12.2. The zero-order chi connectivity index (χ0) is 16.1. The molecular formula is C18H17N3O. The molecular weight excluding hydrogens is 274 g/mol. The summed E-state index contributed by atoms with van der Waals surface area (Å²) in [5.74, 6) is -0.231. The van der Waals surface area contributed by atoms with Crippen molar-refractivity contribution in [1.82, 2.24) is 5.43 Å². The Morgan fingerprint density at radius 3 is 2.41 bits per heavy atom. The molecule has 1 N–H and O–H groups in total. The molecule has 0 bridgehead atoms. The molecule has 0 spiro atoms. The van der Waals surface area contributed by atoms with Crippen molar-refractivity contribution in [2.75, 3.05) is 0 Å². The fraction of sp³-hybridized carbons (Fsp3) is 0.167. The van der Waals surface area contributed by atoms with Crippen LogP contribution in [0.5, 0.6) is 0 Å². The molecule has 110 valence electrons. The van der Waals surface area contributed by atoms with Crippen LogP contribution in [0.25, 0.3) is 0 Å². The largest absolute Gasteiger partial charge is 0.271 e. The van der Waals surface area contributed by atoms with Gasteiger partial charge in [0.15, 0.2) is 0 Å². The highest BCUT2D eigenvalue weighted by Gasteiger charge is 2.08. The molecule has 4 heteroatoms. The first-order chi connectivity index (χ1) is 10.5. The lowest BCUT2D eigenvalue weighted by Gasteiger charge is -2.06. The zero-order valence-corrected chi connectivity index (χ0v) is 12.8. The van der Waals surface area contributed by atoms with E-state index >= 15 is 0 Å². The van der Waals surface area contributed by atoms with Gasteiger partial charge in [-0.2, -0.15) is 10.4 Å². The summed E-state index contributed by atoms with van der Waals surface area (Å²) in [6, 6.07) is 14.8. The third-order valence-corrected chi connectivity index (χ3v) is 3.38. The van der Waals surface area contributed by atoms with E-state index in [9.17, 15) is 4.79 Å². The quantitative estimate of drug-likeness (QED) is 0.696. The Labute approximate surface area is 130 Å². The lowest BCUT2D eigenvalue weighted by atomic mass is 10.1. The molecule has 2 rings (SSSR count). The number of carbonyl (C=O) groups excluding carboxylic acids is 1. The lowest BCUT2D eigenvalue weighted by molar-refractivity contribution is 0.0954. The van der Waals surface area contributed by atoms with Crippen molar-refractivity contribution in [3.8, 4) is 6.07 Å². The number of hydrogen-bond donors (Lipinski definition) is 1. The molecule has 0 unspecified atom stereocenters. The van der Waals surface area contributed by atoms with Gasteiger partial charge < -0.3 is 0 Å². The molecule has 2 aromatic rings. The molecule has 0 saturated heterocycles. The number of nitriles is 1. The van der Waals surface area contributed by atoms with Gasteiger partial charge in [-0.3, -0.25) is 4.79 Å². The summed E-state index contributed by atoms with van der Waals surface area (Å²) in [5, 5.41) is 12.9. The minimum absolute atomic E-state index is 0.231. The third kappa shape index (κ3) is 3.58. The van der Waals surface area contributed by atoms with Crippen LogP contribution in [0.3, 0.4) is 0 Å². The Morgan fingerprint density at radius 2 is 1.82 bits per heavy atom. The van der Waals surface area contributed by atoms with Crippen LogP contribution in [0.15, 0.2) is 47.6 Å². The zero-order valence-electron chi connectivity index (χ0n) is 12.8. The second kappa shape index (κ2) is 6.68. The van der Waals surface area contributed by atoms with E-state index in [-0.39, 0.29) is 5.91 Å². The number of nitrogens with one attached hydrogen (secondary N) is 1. The van der Waals surface area contributed by atoms with Gasteiger partial charge in [0.05, 0.1) is 17.3 Å². The Morgan fingerprint density at radius 1 is 1.14 bits per heavy atom. The number of aryl methyl sites for hydroxylation is 2. The fourth-order valence-electron chi connectivity index (χ4n) is 2.11.